The second-order valence-electron chi connectivity index (χ2n) is 2.50. The van der Waals surface area contributed by atoms with Crippen molar-refractivity contribution in [3.63, 3.8) is 0 Å². The molecule has 1 saturated heterocycles. The van der Waals surface area contributed by atoms with Crippen molar-refractivity contribution in [2.75, 3.05) is 0 Å². The van der Waals surface area contributed by atoms with Gasteiger partial charge in [-0.05, 0) is 19.3 Å². The van der Waals surface area contributed by atoms with Crippen LogP contribution in [0.25, 0.3) is 0 Å². The molecule has 2 atom stereocenters. The molecule has 0 aromatic carbocycles. The maximum absolute atomic E-state index is 5.27. The Morgan fingerprint density at radius 1 is 1.50 bits per heavy atom. The number of allylic oxidation sites excluding steroid dienone is 1. The second kappa shape index (κ2) is 1.59. The molecule has 0 saturated carbocycles. The van der Waals surface area contributed by atoms with E-state index >= 15 is 0 Å². The molecule has 8 heavy (non-hydrogen) atoms. The first kappa shape index (κ1) is 4.57. The van der Waals surface area contributed by atoms with Crippen LogP contribution < -0.4 is 0 Å². The highest BCUT2D eigenvalue weighted by Gasteiger charge is 2.36. The average Bonchev–Trinajstić information content (AvgIpc) is 2.36. The summed E-state index contributed by atoms with van der Waals surface area (Å²) in [7, 11) is 0. The van der Waals surface area contributed by atoms with Gasteiger partial charge in [0.1, 0.15) is 6.10 Å². The van der Waals surface area contributed by atoms with Crippen LogP contribution in [0.2, 0.25) is 0 Å². The fourth-order valence-electron chi connectivity index (χ4n) is 1.23. The molecule has 1 nitrogen and oxygen atoms in total. The van der Waals surface area contributed by atoms with Crippen LogP contribution in [-0.4, -0.2) is 12.2 Å². The lowest BCUT2D eigenvalue weighted by atomic mass is 10.2. The number of hydrogen-bond acceptors (Lipinski definition) is 1. The summed E-state index contributed by atoms with van der Waals surface area (Å²) in [5.74, 6) is 0. The average molecular weight is 110 g/mol. The van der Waals surface area contributed by atoms with E-state index in [0.29, 0.717) is 12.2 Å². The van der Waals surface area contributed by atoms with Crippen molar-refractivity contribution in [1.82, 2.24) is 0 Å². The molecule has 1 heteroatoms. The first-order chi connectivity index (χ1) is 3.97. The SMILES string of the molecule is C1=CC2OC2CCC1. The Morgan fingerprint density at radius 2 is 2.50 bits per heavy atom. The minimum absolute atomic E-state index is 0.512. The van der Waals surface area contributed by atoms with Gasteiger partial charge in [0, 0.05) is 0 Å². The fraction of sp³-hybridized carbons (Fsp3) is 0.714. The number of hydrogen-bond donors (Lipinski definition) is 0. The minimum atomic E-state index is 0.512. The van der Waals surface area contributed by atoms with Crippen molar-refractivity contribution >= 4 is 0 Å². The normalized spacial score (nSPS) is 43.0. The van der Waals surface area contributed by atoms with Crippen LogP contribution in [0, 0.1) is 0 Å². The van der Waals surface area contributed by atoms with E-state index in [0.717, 1.165) is 0 Å². The van der Waals surface area contributed by atoms with Gasteiger partial charge in [-0.25, -0.2) is 0 Å². The van der Waals surface area contributed by atoms with Gasteiger partial charge in [0.25, 0.3) is 0 Å². The zero-order valence-corrected chi connectivity index (χ0v) is 4.84. The van der Waals surface area contributed by atoms with E-state index in [9.17, 15) is 0 Å². The zero-order valence-electron chi connectivity index (χ0n) is 4.84. The molecule has 0 amide bonds. The smallest absolute Gasteiger partial charge is 0.102 e. The topological polar surface area (TPSA) is 12.5 Å². The molecule has 2 unspecified atom stereocenters. The van der Waals surface area contributed by atoms with Crippen LogP contribution in [0.15, 0.2) is 12.2 Å². The fourth-order valence-corrected chi connectivity index (χ4v) is 1.23. The van der Waals surface area contributed by atoms with Crippen LogP contribution in [0.4, 0.5) is 0 Å². The molecule has 1 aliphatic heterocycles. The third kappa shape index (κ3) is 0.671. The third-order valence-electron chi connectivity index (χ3n) is 1.81. The van der Waals surface area contributed by atoms with E-state index in [1.54, 1.807) is 0 Å². The lowest BCUT2D eigenvalue weighted by Gasteiger charge is -1.86. The summed E-state index contributed by atoms with van der Waals surface area (Å²) in [5.41, 5.74) is 0. The Labute approximate surface area is 49.3 Å². The first-order valence-electron chi connectivity index (χ1n) is 3.29. The van der Waals surface area contributed by atoms with Crippen molar-refractivity contribution in [3.8, 4) is 0 Å². The molecule has 44 valence electrons. The standard InChI is InChI=1S/C7H10O/c1-2-4-6-7(8-6)5-3-1/h2,4,6-7H,1,3,5H2. The second-order valence-corrected chi connectivity index (χ2v) is 2.50. The summed E-state index contributed by atoms with van der Waals surface area (Å²) in [6.07, 6.45) is 9.40. The molecule has 2 rings (SSSR count). The highest BCUT2D eigenvalue weighted by Crippen LogP contribution is 2.30. The molecule has 2 aliphatic rings. The number of rotatable bonds is 0. The molecule has 0 bridgehead atoms. The van der Waals surface area contributed by atoms with Crippen molar-refractivity contribution in [3.05, 3.63) is 12.2 Å². The Balaban J connectivity index is 2.03. The molecule has 0 aromatic heterocycles. The zero-order chi connectivity index (χ0) is 5.40. The summed E-state index contributed by atoms with van der Waals surface area (Å²) in [6.45, 7) is 0. The molecule has 1 heterocycles. The van der Waals surface area contributed by atoms with Gasteiger partial charge in [-0.2, -0.15) is 0 Å². The largest absolute Gasteiger partial charge is 0.365 e. The van der Waals surface area contributed by atoms with E-state index in [-0.39, 0.29) is 0 Å². The lowest BCUT2D eigenvalue weighted by Crippen LogP contribution is -1.85. The predicted octanol–water partition coefficient (Wildman–Crippen LogP) is 1.49. The van der Waals surface area contributed by atoms with Gasteiger partial charge in [0.05, 0.1) is 6.10 Å². The van der Waals surface area contributed by atoms with Crippen LogP contribution in [0.3, 0.4) is 0 Å². The summed E-state index contributed by atoms with van der Waals surface area (Å²) in [4.78, 5) is 0. The van der Waals surface area contributed by atoms with Crippen molar-refractivity contribution in [2.45, 2.75) is 31.5 Å². The molecule has 1 fully saturated rings. The number of fused-ring (bicyclic) bond motifs is 1. The van der Waals surface area contributed by atoms with Crippen LogP contribution in [-0.2, 0) is 4.74 Å². The van der Waals surface area contributed by atoms with Crippen molar-refractivity contribution in [2.24, 2.45) is 0 Å². The van der Waals surface area contributed by atoms with Gasteiger partial charge in [-0.15, -0.1) is 0 Å². The summed E-state index contributed by atoms with van der Waals surface area (Å²) in [5, 5.41) is 0. The van der Waals surface area contributed by atoms with E-state index in [4.69, 9.17) is 4.74 Å². The molecule has 0 spiro atoms. The van der Waals surface area contributed by atoms with E-state index in [1.807, 2.05) is 0 Å². The van der Waals surface area contributed by atoms with Gasteiger partial charge in [0.2, 0.25) is 0 Å². The highest BCUT2D eigenvalue weighted by molar-refractivity contribution is 5.04. The van der Waals surface area contributed by atoms with Gasteiger partial charge in [-0.1, -0.05) is 12.2 Å². The lowest BCUT2D eigenvalue weighted by molar-refractivity contribution is 0.373. The Bertz CT molecular complexity index is 118. The predicted molar refractivity (Wildman–Crippen MR) is 31.7 cm³/mol. The molecule has 0 aromatic rings. The van der Waals surface area contributed by atoms with Crippen LogP contribution >= 0.6 is 0 Å². The van der Waals surface area contributed by atoms with Gasteiger partial charge < -0.3 is 4.74 Å². The van der Waals surface area contributed by atoms with Gasteiger partial charge in [-0.3, -0.25) is 0 Å². The Hall–Kier alpha value is -0.300. The van der Waals surface area contributed by atoms with Crippen LogP contribution in [0.1, 0.15) is 19.3 Å². The monoisotopic (exact) mass is 110 g/mol. The summed E-state index contributed by atoms with van der Waals surface area (Å²) in [6, 6.07) is 0. The van der Waals surface area contributed by atoms with Crippen molar-refractivity contribution in [1.29, 1.82) is 0 Å². The first-order valence-corrected chi connectivity index (χ1v) is 3.29. The molecule has 0 N–H and O–H groups in total. The van der Waals surface area contributed by atoms with Crippen molar-refractivity contribution < 1.29 is 4.74 Å². The van der Waals surface area contributed by atoms with Gasteiger partial charge in [0.15, 0.2) is 0 Å². The maximum atomic E-state index is 5.27. The quantitative estimate of drug-likeness (QED) is 0.340. The van der Waals surface area contributed by atoms with Gasteiger partial charge >= 0.3 is 0 Å². The van der Waals surface area contributed by atoms with E-state index < -0.39 is 0 Å². The highest BCUT2D eigenvalue weighted by atomic mass is 16.6. The minimum Gasteiger partial charge on any atom is -0.365 e. The summed E-state index contributed by atoms with van der Waals surface area (Å²) < 4.78 is 5.27. The Morgan fingerprint density at radius 3 is 3.50 bits per heavy atom. The molecular weight excluding hydrogens is 100 g/mol. The Kier molecular flexibility index (Phi) is 0.908. The number of epoxide rings is 1. The van der Waals surface area contributed by atoms with Crippen LogP contribution in [0.5, 0.6) is 0 Å². The molecular formula is C7H10O. The van der Waals surface area contributed by atoms with E-state index in [1.165, 1.54) is 19.3 Å². The molecule has 0 radical (unpaired) electrons. The number of ether oxygens (including phenoxy) is 1. The third-order valence-corrected chi connectivity index (χ3v) is 1.81. The maximum Gasteiger partial charge on any atom is 0.102 e. The summed E-state index contributed by atoms with van der Waals surface area (Å²) >= 11 is 0. The van der Waals surface area contributed by atoms with E-state index in [2.05, 4.69) is 12.2 Å². The molecule has 1 aliphatic carbocycles.